The van der Waals surface area contributed by atoms with Gasteiger partial charge in [-0.15, -0.1) is 0 Å². The largest absolute Gasteiger partial charge is 0.506 e. The lowest BCUT2D eigenvalue weighted by atomic mass is 10.1. The molecular formula is C12H20N2O. The van der Waals surface area contributed by atoms with E-state index in [1.807, 2.05) is 6.07 Å². The van der Waals surface area contributed by atoms with Crippen LogP contribution in [0.4, 0.5) is 0 Å². The number of aromatic nitrogens is 1. The van der Waals surface area contributed by atoms with Gasteiger partial charge in [0.2, 0.25) is 0 Å². The quantitative estimate of drug-likeness (QED) is 0.780. The van der Waals surface area contributed by atoms with Crippen molar-refractivity contribution in [3.63, 3.8) is 0 Å². The summed E-state index contributed by atoms with van der Waals surface area (Å²) in [6, 6.07) is 4.00. The van der Waals surface area contributed by atoms with Crippen LogP contribution in [0, 0.1) is 5.92 Å². The van der Waals surface area contributed by atoms with Crippen LogP contribution in [0.5, 0.6) is 5.75 Å². The summed E-state index contributed by atoms with van der Waals surface area (Å²) in [4.78, 5) is 4.12. The van der Waals surface area contributed by atoms with E-state index in [0.717, 1.165) is 18.7 Å². The van der Waals surface area contributed by atoms with Gasteiger partial charge in [-0.2, -0.15) is 0 Å². The predicted octanol–water partition coefficient (Wildman–Crippen LogP) is 2.31. The summed E-state index contributed by atoms with van der Waals surface area (Å²) in [6.45, 7) is 7.38. The molecule has 1 rings (SSSR count). The average molecular weight is 208 g/mol. The molecule has 1 heterocycles. The zero-order valence-electron chi connectivity index (χ0n) is 9.70. The molecule has 0 spiro atoms. The number of nitrogens with one attached hydrogen (secondary N) is 1. The Morgan fingerprint density at radius 3 is 2.60 bits per heavy atom. The van der Waals surface area contributed by atoms with Crippen molar-refractivity contribution in [1.82, 2.24) is 10.3 Å². The van der Waals surface area contributed by atoms with E-state index < -0.39 is 0 Å². The normalized spacial score (nSPS) is 13.1. The number of hydrogen-bond acceptors (Lipinski definition) is 3. The van der Waals surface area contributed by atoms with Crippen molar-refractivity contribution in [2.45, 2.75) is 39.8 Å². The first-order chi connectivity index (χ1) is 7.08. The van der Waals surface area contributed by atoms with Crippen LogP contribution in [-0.2, 0) is 6.54 Å². The van der Waals surface area contributed by atoms with Crippen molar-refractivity contribution in [2.24, 2.45) is 5.92 Å². The van der Waals surface area contributed by atoms with Crippen molar-refractivity contribution >= 4 is 0 Å². The molecule has 0 saturated carbocycles. The van der Waals surface area contributed by atoms with Gasteiger partial charge in [-0.1, -0.05) is 13.8 Å². The molecule has 0 fully saturated rings. The Labute approximate surface area is 91.5 Å². The van der Waals surface area contributed by atoms with Crippen LogP contribution in [-0.4, -0.2) is 16.1 Å². The molecule has 0 radical (unpaired) electrons. The van der Waals surface area contributed by atoms with E-state index in [2.05, 4.69) is 31.1 Å². The summed E-state index contributed by atoms with van der Waals surface area (Å²) in [5.74, 6) is 0.925. The highest BCUT2D eigenvalue weighted by Crippen LogP contribution is 2.07. The van der Waals surface area contributed by atoms with E-state index in [4.69, 9.17) is 5.11 Å². The molecule has 1 aromatic rings. The van der Waals surface area contributed by atoms with E-state index in [1.54, 1.807) is 6.07 Å². The molecule has 0 aliphatic carbocycles. The number of nitrogens with zero attached hydrogens (tertiary/aromatic N) is 1. The zero-order valence-corrected chi connectivity index (χ0v) is 9.70. The molecule has 0 amide bonds. The van der Waals surface area contributed by atoms with Gasteiger partial charge in [0.25, 0.3) is 0 Å². The number of pyridine rings is 1. The van der Waals surface area contributed by atoms with Crippen molar-refractivity contribution < 1.29 is 5.11 Å². The molecule has 84 valence electrons. The molecule has 0 aliphatic rings. The van der Waals surface area contributed by atoms with Gasteiger partial charge in [0.1, 0.15) is 5.75 Å². The van der Waals surface area contributed by atoms with Crippen LogP contribution in [0.3, 0.4) is 0 Å². The lowest BCUT2D eigenvalue weighted by Gasteiger charge is -2.15. The second-order valence-corrected chi connectivity index (χ2v) is 4.42. The van der Waals surface area contributed by atoms with Gasteiger partial charge in [-0.25, -0.2) is 0 Å². The topological polar surface area (TPSA) is 45.1 Å². The van der Waals surface area contributed by atoms with Crippen LogP contribution in [0.2, 0.25) is 0 Å². The maximum atomic E-state index is 9.07. The van der Waals surface area contributed by atoms with E-state index in [1.165, 1.54) is 6.20 Å². The maximum absolute atomic E-state index is 9.07. The Balaban J connectivity index is 2.33. The summed E-state index contributed by atoms with van der Waals surface area (Å²) in [5.41, 5.74) is 0.961. The van der Waals surface area contributed by atoms with Gasteiger partial charge in [0.15, 0.2) is 0 Å². The van der Waals surface area contributed by atoms with Crippen LogP contribution < -0.4 is 5.32 Å². The number of aromatic hydroxyl groups is 1. The van der Waals surface area contributed by atoms with Crippen LogP contribution in [0.25, 0.3) is 0 Å². The average Bonchev–Trinajstić information content (AvgIpc) is 2.16. The lowest BCUT2D eigenvalue weighted by Crippen LogP contribution is -2.27. The highest BCUT2D eigenvalue weighted by molar-refractivity contribution is 5.17. The summed E-state index contributed by atoms with van der Waals surface area (Å²) >= 11 is 0. The third-order valence-corrected chi connectivity index (χ3v) is 2.27. The monoisotopic (exact) mass is 208 g/mol. The first-order valence-corrected chi connectivity index (χ1v) is 5.45. The van der Waals surface area contributed by atoms with Gasteiger partial charge in [0, 0.05) is 12.6 Å². The highest BCUT2D eigenvalue weighted by Gasteiger charge is 2.04. The maximum Gasteiger partial charge on any atom is 0.133 e. The van der Waals surface area contributed by atoms with E-state index in [-0.39, 0.29) is 5.75 Å². The molecule has 0 aromatic carbocycles. The molecule has 2 N–H and O–H groups in total. The second kappa shape index (κ2) is 5.71. The lowest BCUT2D eigenvalue weighted by molar-refractivity contribution is 0.438. The van der Waals surface area contributed by atoms with E-state index in [0.29, 0.717) is 12.0 Å². The molecule has 15 heavy (non-hydrogen) atoms. The van der Waals surface area contributed by atoms with Crippen molar-refractivity contribution in [3.05, 3.63) is 24.0 Å². The third kappa shape index (κ3) is 4.79. The van der Waals surface area contributed by atoms with Gasteiger partial charge in [-0.3, -0.25) is 4.98 Å². The fraction of sp³-hybridized carbons (Fsp3) is 0.583. The molecular weight excluding hydrogens is 188 g/mol. The Bertz CT molecular complexity index is 282. The molecule has 1 unspecified atom stereocenters. The minimum Gasteiger partial charge on any atom is -0.506 e. The standard InChI is InChI=1S/C12H20N2O/c1-9(2)6-10(3)13-7-11-4-5-12(15)8-14-11/h4-5,8-10,13,15H,6-7H2,1-3H3. The molecule has 3 heteroatoms. The van der Waals surface area contributed by atoms with E-state index >= 15 is 0 Å². The minimum absolute atomic E-state index is 0.217. The summed E-state index contributed by atoms with van der Waals surface area (Å²) in [6.07, 6.45) is 2.64. The molecule has 1 aromatic heterocycles. The Morgan fingerprint density at radius 2 is 2.07 bits per heavy atom. The van der Waals surface area contributed by atoms with Crippen molar-refractivity contribution in [3.8, 4) is 5.75 Å². The van der Waals surface area contributed by atoms with E-state index in [9.17, 15) is 0 Å². The Morgan fingerprint density at radius 1 is 1.33 bits per heavy atom. The predicted molar refractivity (Wildman–Crippen MR) is 61.7 cm³/mol. The summed E-state index contributed by atoms with van der Waals surface area (Å²) < 4.78 is 0. The third-order valence-electron chi connectivity index (χ3n) is 2.27. The highest BCUT2D eigenvalue weighted by atomic mass is 16.3. The summed E-state index contributed by atoms with van der Waals surface area (Å²) in [5, 5.41) is 12.5. The minimum atomic E-state index is 0.217. The first kappa shape index (κ1) is 12.0. The summed E-state index contributed by atoms with van der Waals surface area (Å²) in [7, 11) is 0. The fourth-order valence-corrected chi connectivity index (χ4v) is 1.59. The second-order valence-electron chi connectivity index (χ2n) is 4.42. The molecule has 1 atom stereocenters. The smallest absolute Gasteiger partial charge is 0.133 e. The van der Waals surface area contributed by atoms with Crippen LogP contribution in [0.1, 0.15) is 32.9 Å². The number of hydrogen-bond donors (Lipinski definition) is 2. The van der Waals surface area contributed by atoms with Crippen molar-refractivity contribution in [2.75, 3.05) is 0 Å². The van der Waals surface area contributed by atoms with Crippen LogP contribution >= 0.6 is 0 Å². The van der Waals surface area contributed by atoms with Gasteiger partial charge in [0.05, 0.1) is 11.9 Å². The Hall–Kier alpha value is -1.09. The van der Waals surface area contributed by atoms with Gasteiger partial charge in [-0.05, 0) is 31.4 Å². The molecule has 0 aliphatic heterocycles. The zero-order chi connectivity index (χ0) is 11.3. The van der Waals surface area contributed by atoms with Gasteiger partial charge >= 0.3 is 0 Å². The van der Waals surface area contributed by atoms with Gasteiger partial charge < -0.3 is 10.4 Å². The molecule has 3 nitrogen and oxygen atoms in total. The van der Waals surface area contributed by atoms with Crippen LogP contribution in [0.15, 0.2) is 18.3 Å². The Kier molecular flexibility index (Phi) is 4.56. The first-order valence-electron chi connectivity index (χ1n) is 5.45. The van der Waals surface area contributed by atoms with Crippen molar-refractivity contribution in [1.29, 1.82) is 0 Å². The SMILES string of the molecule is CC(C)CC(C)NCc1ccc(O)cn1. The number of rotatable bonds is 5. The fourth-order valence-electron chi connectivity index (χ4n) is 1.59. The molecule has 0 saturated heterocycles. The molecule has 0 bridgehead atoms.